The standard InChI is InChI=1S/C21H17N9OS/c31-21(14-9-28(10-14)17-8-18(24-12-23-17)30-13-22-11-25-30)27-20-19(15-4-3-7-32-15)26-16-5-1-2-6-29(16)20/h1-8,11-14H,9-10H2,(H,27,31). The van der Waals surface area contributed by atoms with E-state index in [4.69, 9.17) is 4.98 Å². The summed E-state index contributed by atoms with van der Waals surface area (Å²) in [5.41, 5.74) is 1.58. The molecule has 158 valence electrons. The Labute approximate surface area is 186 Å². The van der Waals surface area contributed by atoms with Crippen molar-refractivity contribution in [2.24, 2.45) is 5.92 Å². The summed E-state index contributed by atoms with van der Waals surface area (Å²) >= 11 is 1.60. The van der Waals surface area contributed by atoms with Crippen LogP contribution in [0.2, 0.25) is 0 Å². The average molecular weight is 443 g/mol. The lowest BCUT2D eigenvalue weighted by atomic mass is 9.99. The van der Waals surface area contributed by atoms with E-state index in [2.05, 4.69) is 25.4 Å². The molecule has 32 heavy (non-hydrogen) atoms. The van der Waals surface area contributed by atoms with Gasteiger partial charge >= 0.3 is 0 Å². The van der Waals surface area contributed by atoms with Crippen molar-refractivity contribution in [3.05, 3.63) is 67.0 Å². The zero-order valence-electron chi connectivity index (χ0n) is 16.7. The van der Waals surface area contributed by atoms with Gasteiger partial charge in [0, 0.05) is 25.4 Å². The fourth-order valence-electron chi connectivity index (χ4n) is 3.71. The molecule has 1 N–H and O–H groups in total. The highest BCUT2D eigenvalue weighted by Crippen LogP contribution is 2.33. The Morgan fingerprint density at radius 1 is 1.09 bits per heavy atom. The van der Waals surface area contributed by atoms with Gasteiger partial charge in [-0.3, -0.25) is 9.20 Å². The molecule has 0 aromatic carbocycles. The number of carbonyl (C=O) groups is 1. The van der Waals surface area contributed by atoms with E-state index in [1.165, 1.54) is 12.7 Å². The normalized spacial score (nSPS) is 13.9. The number of rotatable bonds is 5. The van der Waals surface area contributed by atoms with Crippen LogP contribution in [0.4, 0.5) is 11.6 Å². The summed E-state index contributed by atoms with van der Waals surface area (Å²) in [5.74, 6) is 1.90. The highest BCUT2D eigenvalue weighted by atomic mass is 32.1. The van der Waals surface area contributed by atoms with E-state index in [0.29, 0.717) is 24.7 Å². The Morgan fingerprint density at radius 2 is 2.00 bits per heavy atom. The highest BCUT2D eigenvalue weighted by Gasteiger charge is 2.34. The van der Waals surface area contributed by atoms with Crippen molar-refractivity contribution in [1.82, 2.24) is 34.1 Å². The van der Waals surface area contributed by atoms with Crippen LogP contribution in [0.5, 0.6) is 0 Å². The molecule has 6 rings (SSSR count). The number of hydrogen-bond acceptors (Lipinski definition) is 8. The largest absolute Gasteiger partial charge is 0.355 e. The van der Waals surface area contributed by atoms with Crippen molar-refractivity contribution >= 4 is 34.5 Å². The van der Waals surface area contributed by atoms with E-state index in [9.17, 15) is 4.79 Å². The summed E-state index contributed by atoms with van der Waals surface area (Å²) in [6.07, 6.45) is 6.44. The van der Waals surface area contributed by atoms with Crippen molar-refractivity contribution in [1.29, 1.82) is 0 Å². The lowest BCUT2D eigenvalue weighted by molar-refractivity contribution is -0.120. The van der Waals surface area contributed by atoms with Crippen LogP contribution >= 0.6 is 11.3 Å². The zero-order valence-corrected chi connectivity index (χ0v) is 17.6. The predicted octanol–water partition coefficient (Wildman–Crippen LogP) is 2.51. The Bertz CT molecular complexity index is 1390. The van der Waals surface area contributed by atoms with Gasteiger partial charge in [0.05, 0.1) is 10.8 Å². The van der Waals surface area contributed by atoms with Gasteiger partial charge in [-0.25, -0.2) is 24.6 Å². The van der Waals surface area contributed by atoms with Gasteiger partial charge in [-0.1, -0.05) is 12.1 Å². The van der Waals surface area contributed by atoms with Gasteiger partial charge in [0.15, 0.2) is 5.82 Å². The van der Waals surface area contributed by atoms with Gasteiger partial charge in [-0.15, -0.1) is 11.3 Å². The van der Waals surface area contributed by atoms with Crippen LogP contribution in [0.1, 0.15) is 0 Å². The number of imidazole rings is 1. The molecule has 10 nitrogen and oxygen atoms in total. The number of nitrogens with zero attached hydrogens (tertiary/aromatic N) is 8. The van der Waals surface area contributed by atoms with Gasteiger partial charge < -0.3 is 10.2 Å². The molecule has 0 atom stereocenters. The number of carbonyl (C=O) groups excluding carboxylic acids is 1. The van der Waals surface area contributed by atoms with Gasteiger partial charge in [-0.2, -0.15) is 5.10 Å². The van der Waals surface area contributed by atoms with Crippen LogP contribution in [0.15, 0.2) is 67.0 Å². The molecule has 0 bridgehead atoms. The fraction of sp³-hybridized carbons (Fsp3) is 0.143. The van der Waals surface area contributed by atoms with Crippen LogP contribution in [-0.4, -0.2) is 53.1 Å². The molecule has 1 fully saturated rings. The molecule has 1 amide bonds. The second-order valence-electron chi connectivity index (χ2n) is 7.38. The summed E-state index contributed by atoms with van der Waals surface area (Å²) in [4.78, 5) is 33.3. The van der Waals surface area contributed by atoms with E-state index in [-0.39, 0.29) is 11.8 Å². The van der Waals surface area contributed by atoms with Gasteiger partial charge in [0.1, 0.15) is 42.0 Å². The smallest absolute Gasteiger partial charge is 0.232 e. The number of amides is 1. The zero-order chi connectivity index (χ0) is 21.5. The Hall–Kier alpha value is -4.12. The second-order valence-corrected chi connectivity index (χ2v) is 8.33. The Kier molecular flexibility index (Phi) is 4.39. The summed E-state index contributed by atoms with van der Waals surface area (Å²) in [7, 11) is 0. The van der Waals surface area contributed by atoms with Crippen molar-refractivity contribution < 1.29 is 4.79 Å². The molecule has 6 heterocycles. The van der Waals surface area contributed by atoms with Crippen LogP contribution in [-0.2, 0) is 4.79 Å². The number of aromatic nitrogens is 7. The summed E-state index contributed by atoms with van der Waals surface area (Å²) in [6, 6.07) is 11.6. The SMILES string of the molecule is O=C(Nc1c(-c2cccs2)nc2ccccn12)C1CN(c2cc(-n3cncn3)ncn2)C1. The molecule has 1 saturated heterocycles. The van der Waals surface area contributed by atoms with E-state index in [0.717, 1.165) is 22.0 Å². The topological polar surface area (TPSA) is 106 Å². The first-order chi connectivity index (χ1) is 15.8. The van der Waals surface area contributed by atoms with Gasteiger partial charge in [0.25, 0.3) is 0 Å². The Balaban J connectivity index is 1.20. The van der Waals surface area contributed by atoms with Crippen molar-refractivity contribution in [2.75, 3.05) is 23.3 Å². The molecule has 0 saturated carbocycles. The van der Waals surface area contributed by atoms with Crippen molar-refractivity contribution in [2.45, 2.75) is 0 Å². The summed E-state index contributed by atoms with van der Waals surface area (Å²) in [6.45, 7) is 1.15. The maximum absolute atomic E-state index is 13.1. The lowest BCUT2D eigenvalue weighted by Gasteiger charge is -2.39. The minimum atomic E-state index is -0.148. The maximum Gasteiger partial charge on any atom is 0.232 e. The number of fused-ring (bicyclic) bond motifs is 1. The van der Waals surface area contributed by atoms with Crippen molar-refractivity contribution in [3.8, 4) is 16.4 Å². The molecule has 1 aliphatic heterocycles. The third kappa shape index (κ3) is 3.19. The lowest BCUT2D eigenvalue weighted by Crippen LogP contribution is -2.52. The molecule has 1 aliphatic rings. The first-order valence-electron chi connectivity index (χ1n) is 10.00. The number of thiophene rings is 1. The highest BCUT2D eigenvalue weighted by molar-refractivity contribution is 7.13. The van der Waals surface area contributed by atoms with E-state index in [1.807, 2.05) is 57.3 Å². The quantitative estimate of drug-likeness (QED) is 0.445. The minimum absolute atomic E-state index is 0.0322. The maximum atomic E-state index is 13.1. The number of hydrogen-bond donors (Lipinski definition) is 1. The van der Waals surface area contributed by atoms with Crippen LogP contribution in [0.25, 0.3) is 22.0 Å². The monoisotopic (exact) mass is 443 g/mol. The van der Waals surface area contributed by atoms with E-state index in [1.54, 1.807) is 22.3 Å². The second kappa shape index (κ2) is 7.54. The molecule has 0 radical (unpaired) electrons. The number of anilines is 2. The average Bonchev–Trinajstić information content (AvgIpc) is 3.54. The molecule has 0 spiro atoms. The van der Waals surface area contributed by atoms with Crippen molar-refractivity contribution in [3.63, 3.8) is 0 Å². The first-order valence-corrected chi connectivity index (χ1v) is 10.9. The third-order valence-corrected chi connectivity index (χ3v) is 6.27. The molecule has 0 unspecified atom stereocenters. The molecular weight excluding hydrogens is 426 g/mol. The van der Waals surface area contributed by atoms with Gasteiger partial charge in [0.2, 0.25) is 5.91 Å². The third-order valence-electron chi connectivity index (χ3n) is 5.39. The van der Waals surface area contributed by atoms with E-state index < -0.39 is 0 Å². The van der Waals surface area contributed by atoms with Crippen LogP contribution in [0, 0.1) is 5.92 Å². The van der Waals surface area contributed by atoms with E-state index >= 15 is 0 Å². The molecule has 11 heteroatoms. The predicted molar refractivity (Wildman–Crippen MR) is 120 cm³/mol. The van der Waals surface area contributed by atoms with Crippen LogP contribution in [0.3, 0.4) is 0 Å². The first kappa shape index (κ1) is 18.6. The molecule has 5 aromatic rings. The fourth-order valence-corrected chi connectivity index (χ4v) is 4.43. The molecule has 0 aliphatic carbocycles. The summed E-state index contributed by atoms with van der Waals surface area (Å²) in [5, 5.41) is 9.22. The molecular formula is C21H17N9OS. The number of pyridine rings is 1. The van der Waals surface area contributed by atoms with Crippen LogP contribution < -0.4 is 10.2 Å². The van der Waals surface area contributed by atoms with Gasteiger partial charge in [-0.05, 0) is 23.6 Å². The Morgan fingerprint density at radius 3 is 2.81 bits per heavy atom. The summed E-state index contributed by atoms with van der Waals surface area (Å²) < 4.78 is 3.49. The minimum Gasteiger partial charge on any atom is -0.355 e. The molecule has 5 aromatic heterocycles. The number of nitrogens with one attached hydrogen (secondary N) is 1.